The van der Waals surface area contributed by atoms with Gasteiger partial charge in [-0.1, -0.05) is 47.6 Å². The molecule has 4 heteroatoms. The largest absolute Gasteiger partial charge is 0.411 e. The summed E-state index contributed by atoms with van der Waals surface area (Å²) in [5, 5.41) is 12.2. The fourth-order valence-corrected chi connectivity index (χ4v) is 2.74. The first-order valence-corrected chi connectivity index (χ1v) is 7.17. The Labute approximate surface area is 125 Å². The maximum absolute atomic E-state index is 12.3. The number of rotatable bonds is 2. The molecule has 0 unspecified atom stereocenters. The third kappa shape index (κ3) is 3.72. The van der Waals surface area contributed by atoms with Crippen molar-refractivity contribution in [3.05, 3.63) is 42.0 Å². The quantitative estimate of drug-likeness (QED) is 0.670. The zero-order valence-corrected chi connectivity index (χ0v) is 12.8. The first-order chi connectivity index (χ1) is 9.91. The Morgan fingerprint density at radius 2 is 1.95 bits per heavy atom. The highest BCUT2D eigenvalue weighted by Gasteiger charge is 2.37. The highest BCUT2D eigenvalue weighted by molar-refractivity contribution is 6.04. The molecule has 0 saturated carbocycles. The molecule has 1 aromatic rings. The maximum Gasteiger partial charge on any atom is 0.229 e. The van der Waals surface area contributed by atoms with E-state index < -0.39 is 0 Å². The van der Waals surface area contributed by atoms with Crippen LogP contribution in [-0.4, -0.2) is 33.3 Å². The average Bonchev–Trinajstić information content (AvgIpc) is 2.44. The molecule has 0 aromatic heterocycles. The molecule has 0 aliphatic carbocycles. The van der Waals surface area contributed by atoms with Gasteiger partial charge in [-0.2, -0.15) is 0 Å². The first-order valence-electron chi connectivity index (χ1n) is 7.17. The number of amides is 1. The van der Waals surface area contributed by atoms with Crippen LogP contribution in [0.2, 0.25) is 0 Å². The highest BCUT2D eigenvalue weighted by atomic mass is 16.4. The molecular weight excluding hydrogens is 264 g/mol. The molecule has 1 aliphatic heterocycles. The van der Waals surface area contributed by atoms with E-state index in [1.165, 1.54) is 0 Å². The van der Waals surface area contributed by atoms with Crippen LogP contribution in [0.1, 0.15) is 39.2 Å². The van der Waals surface area contributed by atoms with Gasteiger partial charge in [0.2, 0.25) is 5.91 Å². The molecule has 1 atom stereocenters. The molecule has 1 amide bonds. The number of piperidine rings is 1. The second kappa shape index (κ2) is 6.12. The van der Waals surface area contributed by atoms with E-state index >= 15 is 0 Å². The lowest BCUT2D eigenvalue weighted by molar-refractivity contribution is -0.137. The predicted molar refractivity (Wildman–Crippen MR) is 84.3 cm³/mol. The molecule has 1 N–H and O–H groups in total. The summed E-state index contributed by atoms with van der Waals surface area (Å²) in [4.78, 5) is 14.2. The number of hydrogen-bond donors (Lipinski definition) is 1. The Hall–Kier alpha value is -2.10. The van der Waals surface area contributed by atoms with Crippen molar-refractivity contribution in [1.29, 1.82) is 0 Å². The van der Waals surface area contributed by atoms with Gasteiger partial charge < -0.3 is 10.1 Å². The molecule has 1 saturated heterocycles. The molecule has 112 valence electrons. The molecule has 4 nitrogen and oxygen atoms in total. The lowest BCUT2D eigenvalue weighted by Crippen LogP contribution is -2.55. The van der Waals surface area contributed by atoms with Crippen molar-refractivity contribution in [1.82, 2.24) is 4.90 Å². The lowest BCUT2D eigenvalue weighted by Gasteiger charge is -2.43. The normalized spacial score (nSPS) is 22.2. The zero-order valence-electron chi connectivity index (χ0n) is 12.8. The highest BCUT2D eigenvalue weighted by Crippen LogP contribution is 2.27. The van der Waals surface area contributed by atoms with Crippen LogP contribution in [0, 0.1) is 0 Å². The van der Waals surface area contributed by atoms with Crippen LogP contribution in [0.4, 0.5) is 0 Å². The van der Waals surface area contributed by atoms with Gasteiger partial charge in [-0.15, -0.1) is 0 Å². The summed E-state index contributed by atoms with van der Waals surface area (Å²) in [6.45, 7) is 6.07. The second-order valence-electron chi connectivity index (χ2n) is 6.32. The molecule has 1 fully saturated rings. The van der Waals surface area contributed by atoms with Crippen LogP contribution >= 0.6 is 0 Å². The van der Waals surface area contributed by atoms with E-state index in [0.29, 0.717) is 12.1 Å². The Morgan fingerprint density at radius 1 is 1.29 bits per heavy atom. The van der Waals surface area contributed by atoms with E-state index in [2.05, 4.69) is 5.16 Å². The number of carbonyl (C=O) groups excluding carboxylic acids is 1. The fraction of sp³-hybridized carbons (Fsp3) is 0.412. The Balaban J connectivity index is 2.27. The summed E-state index contributed by atoms with van der Waals surface area (Å²) < 4.78 is 0. The predicted octanol–water partition coefficient (Wildman–Crippen LogP) is 3.32. The number of hydrogen-bond acceptors (Lipinski definition) is 3. The molecule has 0 spiro atoms. The number of nitrogens with zero attached hydrogens (tertiary/aromatic N) is 2. The number of likely N-dealkylation sites (tertiary alicyclic amines) is 1. The molecule has 21 heavy (non-hydrogen) atoms. The van der Waals surface area contributed by atoms with Crippen LogP contribution in [-0.2, 0) is 4.79 Å². The van der Waals surface area contributed by atoms with Gasteiger partial charge in [0.15, 0.2) is 0 Å². The monoisotopic (exact) mass is 286 g/mol. The number of carbonyl (C=O) groups is 1. The van der Waals surface area contributed by atoms with Gasteiger partial charge in [-0.3, -0.25) is 4.79 Å². The van der Waals surface area contributed by atoms with Crippen LogP contribution in [0.3, 0.4) is 0 Å². The van der Waals surface area contributed by atoms with E-state index in [1.54, 1.807) is 0 Å². The summed E-state index contributed by atoms with van der Waals surface area (Å²) >= 11 is 0. The van der Waals surface area contributed by atoms with Crippen LogP contribution < -0.4 is 0 Å². The van der Waals surface area contributed by atoms with Crippen LogP contribution in [0.25, 0.3) is 6.08 Å². The van der Waals surface area contributed by atoms with Crippen LogP contribution in [0.15, 0.2) is 41.6 Å². The maximum atomic E-state index is 12.3. The van der Waals surface area contributed by atoms with Gasteiger partial charge in [-0.25, -0.2) is 0 Å². The third-order valence-electron chi connectivity index (χ3n) is 3.57. The average molecular weight is 286 g/mol. The fourth-order valence-electron chi connectivity index (χ4n) is 2.74. The van der Waals surface area contributed by atoms with Gasteiger partial charge in [0, 0.05) is 12.0 Å². The summed E-state index contributed by atoms with van der Waals surface area (Å²) in [6, 6.07) is 9.88. The van der Waals surface area contributed by atoms with E-state index in [0.717, 1.165) is 5.56 Å². The molecule has 1 heterocycles. The minimum absolute atomic E-state index is 0.00395. The molecule has 2 rings (SSSR count). The van der Waals surface area contributed by atoms with Crippen LogP contribution in [0.5, 0.6) is 0 Å². The zero-order chi connectivity index (χ0) is 15.5. The smallest absolute Gasteiger partial charge is 0.229 e. The standard InChI is InChI=1S/C17H22N2O2/c1-17(2,3)19-15(11-14(18-21)12-16(19)20)10-9-13-7-5-4-6-8-13/h4-10,15,21H,11-12H2,1-3H3/b10-9+,18-14+/t15-/m0/s1. The Kier molecular flexibility index (Phi) is 4.46. The summed E-state index contributed by atoms with van der Waals surface area (Å²) in [7, 11) is 0. The van der Waals surface area contributed by atoms with E-state index in [-0.39, 0.29) is 23.9 Å². The number of benzene rings is 1. The molecule has 1 aliphatic rings. The van der Waals surface area contributed by atoms with E-state index in [4.69, 9.17) is 5.21 Å². The molecule has 0 radical (unpaired) electrons. The van der Waals surface area contributed by atoms with Gasteiger partial charge in [0.25, 0.3) is 0 Å². The van der Waals surface area contributed by atoms with Crippen molar-refractivity contribution in [3.63, 3.8) is 0 Å². The van der Waals surface area contributed by atoms with E-state index in [9.17, 15) is 4.79 Å². The molecule has 1 aromatic carbocycles. The van der Waals surface area contributed by atoms with Gasteiger partial charge in [-0.05, 0) is 26.3 Å². The topological polar surface area (TPSA) is 52.9 Å². The van der Waals surface area contributed by atoms with Crippen molar-refractivity contribution in [2.75, 3.05) is 0 Å². The number of oxime groups is 1. The summed E-state index contributed by atoms with van der Waals surface area (Å²) in [5.74, 6) is 0.00395. The van der Waals surface area contributed by atoms with Crippen molar-refractivity contribution < 1.29 is 10.0 Å². The second-order valence-corrected chi connectivity index (χ2v) is 6.32. The lowest BCUT2D eigenvalue weighted by atomic mass is 9.92. The molecule has 0 bridgehead atoms. The first kappa shape index (κ1) is 15.3. The summed E-state index contributed by atoms with van der Waals surface area (Å²) in [5.41, 5.74) is 1.37. The minimum atomic E-state index is -0.260. The van der Waals surface area contributed by atoms with Crippen molar-refractivity contribution in [2.45, 2.75) is 45.2 Å². The third-order valence-corrected chi connectivity index (χ3v) is 3.57. The van der Waals surface area contributed by atoms with E-state index in [1.807, 2.05) is 68.2 Å². The Bertz CT molecular complexity index is 556. The van der Waals surface area contributed by atoms with Crippen molar-refractivity contribution in [2.24, 2.45) is 5.16 Å². The molecular formula is C17H22N2O2. The Morgan fingerprint density at radius 3 is 2.52 bits per heavy atom. The van der Waals surface area contributed by atoms with Crippen molar-refractivity contribution in [3.8, 4) is 0 Å². The van der Waals surface area contributed by atoms with Gasteiger partial charge in [0.05, 0.1) is 18.2 Å². The van der Waals surface area contributed by atoms with Gasteiger partial charge >= 0.3 is 0 Å². The SMILES string of the molecule is CC(C)(C)N1C(=O)C/C(=N/O)C[C@@H]1/C=C/c1ccccc1. The minimum Gasteiger partial charge on any atom is -0.411 e. The van der Waals surface area contributed by atoms with Crippen molar-refractivity contribution >= 4 is 17.7 Å². The summed E-state index contributed by atoms with van der Waals surface area (Å²) in [6.07, 6.45) is 4.80. The van der Waals surface area contributed by atoms with Gasteiger partial charge in [0.1, 0.15) is 0 Å².